The Bertz CT molecular complexity index is 368. The molecule has 4 heteroatoms. The Morgan fingerprint density at radius 2 is 1.84 bits per heavy atom. The molecule has 3 nitrogen and oxygen atoms in total. The van der Waals surface area contributed by atoms with Gasteiger partial charge in [0, 0.05) is 13.5 Å². The van der Waals surface area contributed by atoms with Gasteiger partial charge in [0.25, 0.3) is 0 Å². The number of carbonyl (C=O) groups excluding carboxylic acids is 1. The lowest BCUT2D eigenvalue weighted by molar-refractivity contribution is -0.133. The molecule has 0 heterocycles. The fraction of sp³-hybridized carbons (Fsp3) is 0.533. The minimum atomic E-state index is 0. The second kappa shape index (κ2) is 8.94. The predicted octanol–water partition coefficient (Wildman–Crippen LogP) is 3.00. The third-order valence-corrected chi connectivity index (χ3v) is 3.18. The molecule has 1 atom stereocenters. The first-order chi connectivity index (χ1) is 8.57. The van der Waals surface area contributed by atoms with Gasteiger partial charge < -0.3 is 10.6 Å². The molecule has 0 aliphatic carbocycles. The van der Waals surface area contributed by atoms with Crippen LogP contribution in [0.25, 0.3) is 0 Å². The van der Waals surface area contributed by atoms with Crippen molar-refractivity contribution in [1.29, 1.82) is 0 Å². The van der Waals surface area contributed by atoms with Crippen LogP contribution in [0.3, 0.4) is 0 Å². The maximum atomic E-state index is 12.1. The van der Waals surface area contributed by atoms with Crippen LogP contribution in [0.4, 0.5) is 0 Å². The predicted molar refractivity (Wildman–Crippen MR) is 82.3 cm³/mol. The molecule has 0 fully saturated rings. The Kier molecular flexibility index (Phi) is 8.44. The summed E-state index contributed by atoms with van der Waals surface area (Å²) in [6.07, 6.45) is 1.28. The van der Waals surface area contributed by atoms with Crippen molar-refractivity contribution in [3.05, 3.63) is 35.9 Å². The second-order valence-corrected chi connectivity index (χ2v) is 5.00. The largest absolute Gasteiger partial charge is 0.338 e. The molecule has 1 amide bonds. The fourth-order valence-electron chi connectivity index (χ4n) is 2.29. The van der Waals surface area contributed by atoms with Gasteiger partial charge in [0.2, 0.25) is 5.91 Å². The van der Waals surface area contributed by atoms with Crippen molar-refractivity contribution < 1.29 is 4.79 Å². The first-order valence-corrected chi connectivity index (χ1v) is 6.58. The van der Waals surface area contributed by atoms with E-state index >= 15 is 0 Å². The van der Waals surface area contributed by atoms with Crippen molar-refractivity contribution in [3.8, 4) is 0 Å². The molecular weight excluding hydrogens is 260 g/mol. The zero-order valence-corrected chi connectivity index (χ0v) is 12.8. The van der Waals surface area contributed by atoms with E-state index in [9.17, 15) is 4.79 Å². The van der Waals surface area contributed by atoms with Crippen molar-refractivity contribution in [3.63, 3.8) is 0 Å². The monoisotopic (exact) mass is 284 g/mol. The van der Waals surface area contributed by atoms with Gasteiger partial charge in [-0.15, -0.1) is 12.4 Å². The van der Waals surface area contributed by atoms with Crippen LogP contribution < -0.4 is 5.73 Å². The van der Waals surface area contributed by atoms with Crippen molar-refractivity contribution in [1.82, 2.24) is 4.90 Å². The molecule has 0 spiro atoms. The van der Waals surface area contributed by atoms with Crippen LogP contribution in [-0.4, -0.2) is 24.4 Å². The van der Waals surface area contributed by atoms with E-state index in [1.165, 1.54) is 5.56 Å². The van der Waals surface area contributed by atoms with Gasteiger partial charge in [0.05, 0.1) is 6.04 Å². The summed E-state index contributed by atoms with van der Waals surface area (Å²) in [5.41, 5.74) is 6.64. The normalized spacial score (nSPS) is 11.8. The summed E-state index contributed by atoms with van der Waals surface area (Å²) in [4.78, 5) is 13.9. The van der Waals surface area contributed by atoms with Crippen LogP contribution in [0.1, 0.15) is 38.3 Å². The number of amides is 1. The number of benzene rings is 1. The van der Waals surface area contributed by atoms with Gasteiger partial charge in [0.15, 0.2) is 0 Å². The summed E-state index contributed by atoms with van der Waals surface area (Å²) in [6.45, 7) is 4.85. The molecule has 0 saturated carbocycles. The zero-order valence-electron chi connectivity index (χ0n) is 12.0. The molecule has 19 heavy (non-hydrogen) atoms. The lowest BCUT2D eigenvalue weighted by Crippen LogP contribution is -2.34. The molecule has 0 radical (unpaired) electrons. The van der Waals surface area contributed by atoms with Gasteiger partial charge in [-0.1, -0.05) is 44.2 Å². The molecule has 108 valence electrons. The van der Waals surface area contributed by atoms with Crippen LogP contribution in [0.15, 0.2) is 30.3 Å². The highest BCUT2D eigenvalue weighted by Gasteiger charge is 2.23. The molecule has 1 aromatic rings. The molecule has 1 rings (SSSR count). The third kappa shape index (κ3) is 5.21. The SMILES string of the molecule is CC(C)C(c1ccccc1)N(C)C(=O)CCCN.Cl. The van der Waals surface area contributed by atoms with E-state index in [0.717, 1.165) is 6.42 Å². The van der Waals surface area contributed by atoms with Crippen molar-refractivity contribution in [2.24, 2.45) is 11.7 Å². The summed E-state index contributed by atoms with van der Waals surface area (Å²) < 4.78 is 0. The highest BCUT2D eigenvalue weighted by atomic mass is 35.5. The van der Waals surface area contributed by atoms with E-state index < -0.39 is 0 Å². The quantitative estimate of drug-likeness (QED) is 0.873. The van der Waals surface area contributed by atoms with Crippen molar-refractivity contribution in [2.75, 3.05) is 13.6 Å². The molecule has 0 aliphatic heterocycles. The molecule has 1 unspecified atom stereocenters. The number of halogens is 1. The summed E-state index contributed by atoms with van der Waals surface area (Å²) in [5, 5.41) is 0. The average Bonchev–Trinajstić information content (AvgIpc) is 2.36. The van der Waals surface area contributed by atoms with E-state index in [4.69, 9.17) is 5.73 Å². The minimum absolute atomic E-state index is 0. The molecule has 1 aromatic carbocycles. The number of nitrogens with two attached hydrogens (primary N) is 1. The minimum Gasteiger partial charge on any atom is -0.338 e. The average molecular weight is 285 g/mol. The Labute approximate surface area is 122 Å². The summed E-state index contributed by atoms with van der Waals surface area (Å²) in [7, 11) is 1.89. The van der Waals surface area contributed by atoms with Gasteiger partial charge >= 0.3 is 0 Å². The topological polar surface area (TPSA) is 46.3 Å². The van der Waals surface area contributed by atoms with Crippen molar-refractivity contribution >= 4 is 18.3 Å². The standard InChI is InChI=1S/C15H24N2O.ClH/c1-12(2)15(13-8-5-4-6-9-13)17(3)14(18)10-7-11-16;/h4-6,8-9,12,15H,7,10-11,16H2,1-3H3;1H. The van der Waals surface area contributed by atoms with Crippen LogP contribution >= 0.6 is 12.4 Å². The number of rotatable bonds is 6. The van der Waals surface area contributed by atoms with Crippen LogP contribution in [-0.2, 0) is 4.79 Å². The Morgan fingerprint density at radius 1 is 1.26 bits per heavy atom. The van der Waals surface area contributed by atoms with Crippen molar-refractivity contribution in [2.45, 2.75) is 32.7 Å². The van der Waals surface area contributed by atoms with Gasteiger partial charge in [-0.2, -0.15) is 0 Å². The molecule has 0 aromatic heterocycles. The molecule has 0 saturated heterocycles. The number of nitrogens with zero attached hydrogens (tertiary/aromatic N) is 1. The number of hydrogen-bond donors (Lipinski definition) is 1. The smallest absolute Gasteiger partial charge is 0.222 e. The number of hydrogen-bond acceptors (Lipinski definition) is 2. The molecule has 0 bridgehead atoms. The Hall–Kier alpha value is -1.06. The second-order valence-electron chi connectivity index (χ2n) is 5.00. The molecular formula is C15H25ClN2O. The lowest BCUT2D eigenvalue weighted by Gasteiger charge is -2.32. The highest BCUT2D eigenvalue weighted by molar-refractivity contribution is 5.85. The third-order valence-electron chi connectivity index (χ3n) is 3.18. The zero-order chi connectivity index (χ0) is 13.5. The van der Waals surface area contributed by atoms with Gasteiger partial charge in [0.1, 0.15) is 0 Å². The summed E-state index contributed by atoms with van der Waals surface area (Å²) in [5.74, 6) is 0.558. The Morgan fingerprint density at radius 3 is 2.32 bits per heavy atom. The summed E-state index contributed by atoms with van der Waals surface area (Å²) in [6, 6.07) is 10.3. The Balaban J connectivity index is 0.00000324. The maximum Gasteiger partial charge on any atom is 0.222 e. The van der Waals surface area contributed by atoms with E-state index in [1.807, 2.05) is 30.1 Å². The first-order valence-electron chi connectivity index (χ1n) is 6.58. The van der Waals surface area contributed by atoms with E-state index in [2.05, 4.69) is 26.0 Å². The van der Waals surface area contributed by atoms with Gasteiger partial charge in [-0.3, -0.25) is 4.79 Å². The molecule has 0 aliphatic rings. The van der Waals surface area contributed by atoms with E-state index in [0.29, 0.717) is 18.9 Å². The van der Waals surface area contributed by atoms with E-state index in [1.54, 1.807) is 0 Å². The fourth-order valence-corrected chi connectivity index (χ4v) is 2.29. The summed E-state index contributed by atoms with van der Waals surface area (Å²) >= 11 is 0. The molecule has 2 N–H and O–H groups in total. The van der Waals surface area contributed by atoms with Gasteiger partial charge in [-0.05, 0) is 24.4 Å². The van der Waals surface area contributed by atoms with E-state index in [-0.39, 0.29) is 24.4 Å². The van der Waals surface area contributed by atoms with Crippen LogP contribution in [0, 0.1) is 5.92 Å². The maximum absolute atomic E-state index is 12.1. The number of carbonyl (C=O) groups is 1. The lowest BCUT2D eigenvalue weighted by atomic mass is 9.94. The first kappa shape index (κ1) is 17.9. The van der Waals surface area contributed by atoms with Gasteiger partial charge in [-0.25, -0.2) is 0 Å². The van der Waals surface area contributed by atoms with Crippen LogP contribution in [0.2, 0.25) is 0 Å². The highest BCUT2D eigenvalue weighted by Crippen LogP contribution is 2.27. The van der Waals surface area contributed by atoms with Crippen LogP contribution in [0.5, 0.6) is 0 Å².